The molecule has 2 aliphatic heterocycles. The second-order valence-corrected chi connectivity index (χ2v) is 6.82. The Morgan fingerprint density at radius 1 is 1.20 bits per heavy atom. The van der Waals surface area contributed by atoms with Gasteiger partial charge in [-0.1, -0.05) is 20.8 Å². The smallest absolute Gasteiger partial charge is 0.257 e. The summed E-state index contributed by atoms with van der Waals surface area (Å²) in [5, 5.41) is 8.10. The van der Waals surface area contributed by atoms with Crippen molar-refractivity contribution in [1.29, 1.82) is 0 Å². The Morgan fingerprint density at radius 3 is 2.55 bits per heavy atom. The van der Waals surface area contributed by atoms with Gasteiger partial charge < -0.3 is 10.2 Å². The highest BCUT2D eigenvalue weighted by molar-refractivity contribution is 5.97. The zero-order valence-electron chi connectivity index (χ0n) is 12.7. The molecule has 110 valence electrons. The van der Waals surface area contributed by atoms with E-state index in [2.05, 4.69) is 26.1 Å². The highest BCUT2D eigenvalue weighted by Crippen LogP contribution is 2.30. The topological polar surface area (TPSA) is 50.2 Å². The maximum Gasteiger partial charge on any atom is 0.257 e. The molecule has 1 saturated heterocycles. The summed E-state index contributed by atoms with van der Waals surface area (Å²) < 4.78 is 2.03. The van der Waals surface area contributed by atoms with Crippen LogP contribution in [0.3, 0.4) is 0 Å². The molecule has 5 heteroatoms. The Labute approximate surface area is 120 Å². The molecular weight excluding hydrogens is 252 g/mol. The number of hydrogen-bond donors (Lipinski definition) is 1. The lowest BCUT2D eigenvalue weighted by Crippen LogP contribution is -2.33. The quantitative estimate of drug-likeness (QED) is 0.846. The number of carbonyl (C=O) groups excluding carboxylic acids is 1. The second kappa shape index (κ2) is 4.88. The van der Waals surface area contributed by atoms with Crippen molar-refractivity contribution in [2.24, 2.45) is 0 Å². The first kappa shape index (κ1) is 13.6. The van der Waals surface area contributed by atoms with E-state index >= 15 is 0 Å². The molecule has 0 aromatic carbocycles. The van der Waals surface area contributed by atoms with Crippen LogP contribution in [0, 0.1) is 0 Å². The fourth-order valence-electron chi connectivity index (χ4n) is 3.08. The van der Waals surface area contributed by atoms with Crippen molar-refractivity contribution < 1.29 is 4.79 Å². The summed E-state index contributed by atoms with van der Waals surface area (Å²) in [6.45, 7) is 10.7. The fraction of sp³-hybridized carbons (Fsp3) is 0.733. The van der Waals surface area contributed by atoms with Crippen LogP contribution >= 0.6 is 0 Å². The molecule has 5 nitrogen and oxygen atoms in total. The summed E-state index contributed by atoms with van der Waals surface area (Å²) in [7, 11) is 0. The SMILES string of the molecule is CC(C)(C)c1nn2c(c1C(=O)N1CCCC1)CNCC2. The van der Waals surface area contributed by atoms with Gasteiger partial charge in [-0.15, -0.1) is 0 Å². The minimum absolute atomic E-state index is 0.102. The lowest BCUT2D eigenvalue weighted by molar-refractivity contribution is 0.0788. The summed E-state index contributed by atoms with van der Waals surface area (Å²) in [4.78, 5) is 14.9. The van der Waals surface area contributed by atoms with E-state index < -0.39 is 0 Å². The van der Waals surface area contributed by atoms with Crippen LogP contribution in [0.1, 0.15) is 55.4 Å². The van der Waals surface area contributed by atoms with Crippen molar-refractivity contribution in [3.05, 3.63) is 17.0 Å². The first-order valence-electron chi connectivity index (χ1n) is 7.58. The second-order valence-electron chi connectivity index (χ2n) is 6.82. The molecule has 3 rings (SSSR count). The molecule has 1 amide bonds. The van der Waals surface area contributed by atoms with Crippen LogP contribution in [0.25, 0.3) is 0 Å². The van der Waals surface area contributed by atoms with Gasteiger partial charge in [0, 0.05) is 31.6 Å². The Kier molecular flexibility index (Phi) is 3.32. The van der Waals surface area contributed by atoms with Crippen LogP contribution in [0.5, 0.6) is 0 Å². The average molecular weight is 276 g/mol. The molecule has 20 heavy (non-hydrogen) atoms. The van der Waals surface area contributed by atoms with Gasteiger partial charge in [-0.05, 0) is 12.8 Å². The van der Waals surface area contributed by atoms with Gasteiger partial charge in [0.15, 0.2) is 0 Å². The molecule has 0 unspecified atom stereocenters. The largest absolute Gasteiger partial charge is 0.339 e. The number of likely N-dealkylation sites (tertiary alicyclic amines) is 1. The molecule has 2 aliphatic rings. The van der Waals surface area contributed by atoms with Crippen LogP contribution in [0.15, 0.2) is 0 Å². The molecule has 0 saturated carbocycles. The van der Waals surface area contributed by atoms with Crippen molar-refractivity contribution >= 4 is 5.91 Å². The van der Waals surface area contributed by atoms with E-state index in [1.165, 1.54) is 0 Å². The molecule has 3 heterocycles. The molecule has 0 aliphatic carbocycles. The van der Waals surface area contributed by atoms with Crippen molar-refractivity contribution in [1.82, 2.24) is 20.0 Å². The third-order valence-corrected chi connectivity index (χ3v) is 4.17. The Morgan fingerprint density at radius 2 is 1.90 bits per heavy atom. The zero-order valence-corrected chi connectivity index (χ0v) is 12.7. The number of aromatic nitrogens is 2. The summed E-state index contributed by atoms with van der Waals surface area (Å²) >= 11 is 0. The van der Waals surface area contributed by atoms with Gasteiger partial charge in [-0.3, -0.25) is 9.48 Å². The summed E-state index contributed by atoms with van der Waals surface area (Å²) in [6, 6.07) is 0. The molecule has 1 aromatic rings. The highest BCUT2D eigenvalue weighted by Gasteiger charge is 2.34. The van der Waals surface area contributed by atoms with E-state index in [1.54, 1.807) is 0 Å². The number of hydrogen-bond acceptors (Lipinski definition) is 3. The number of fused-ring (bicyclic) bond motifs is 1. The molecule has 1 N–H and O–H groups in total. The molecule has 0 spiro atoms. The minimum Gasteiger partial charge on any atom is -0.339 e. The van der Waals surface area contributed by atoms with Gasteiger partial charge in [-0.25, -0.2) is 0 Å². The number of amides is 1. The number of nitrogens with zero attached hydrogens (tertiary/aromatic N) is 3. The van der Waals surface area contributed by atoms with Crippen molar-refractivity contribution in [2.75, 3.05) is 19.6 Å². The van der Waals surface area contributed by atoms with Gasteiger partial charge in [-0.2, -0.15) is 5.10 Å². The van der Waals surface area contributed by atoms with Gasteiger partial charge >= 0.3 is 0 Å². The van der Waals surface area contributed by atoms with Crippen LogP contribution in [0.2, 0.25) is 0 Å². The molecule has 1 aromatic heterocycles. The zero-order chi connectivity index (χ0) is 14.3. The maximum atomic E-state index is 12.9. The molecule has 0 bridgehead atoms. The standard InChI is InChI=1S/C15H24N4O/c1-15(2,3)13-12(14(20)18-7-4-5-8-18)11-10-16-6-9-19(11)17-13/h16H,4-10H2,1-3H3. The monoisotopic (exact) mass is 276 g/mol. The lowest BCUT2D eigenvalue weighted by atomic mass is 9.88. The predicted molar refractivity (Wildman–Crippen MR) is 77.8 cm³/mol. The lowest BCUT2D eigenvalue weighted by Gasteiger charge is -2.21. The van der Waals surface area contributed by atoms with Crippen molar-refractivity contribution in [2.45, 2.75) is 52.1 Å². The summed E-state index contributed by atoms with van der Waals surface area (Å²) in [5.74, 6) is 0.178. The first-order chi connectivity index (χ1) is 9.48. The third kappa shape index (κ3) is 2.24. The Bertz CT molecular complexity index is 521. The molecule has 1 fully saturated rings. The Balaban J connectivity index is 2.06. The summed E-state index contributed by atoms with van der Waals surface area (Å²) in [6.07, 6.45) is 2.25. The molecule has 0 atom stereocenters. The van der Waals surface area contributed by atoms with E-state index in [1.807, 2.05) is 9.58 Å². The first-order valence-corrected chi connectivity index (χ1v) is 7.58. The maximum absolute atomic E-state index is 12.9. The van der Waals surface area contributed by atoms with Gasteiger partial charge in [0.2, 0.25) is 0 Å². The van der Waals surface area contributed by atoms with Crippen molar-refractivity contribution in [3.63, 3.8) is 0 Å². The van der Waals surface area contributed by atoms with Crippen LogP contribution < -0.4 is 5.32 Å². The third-order valence-electron chi connectivity index (χ3n) is 4.17. The van der Waals surface area contributed by atoms with E-state index in [4.69, 9.17) is 5.10 Å². The van der Waals surface area contributed by atoms with Gasteiger partial charge in [0.1, 0.15) is 0 Å². The minimum atomic E-state index is -0.102. The number of carbonyl (C=O) groups is 1. The van der Waals surface area contributed by atoms with E-state index in [-0.39, 0.29) is 11.3 Å². The van der Waals surface area contributed by atoms with E-state index in [9.17, 15) is 4.79 Å². The van der Waals surface area contributed by atoms with Crippen molar-refractivity contribution in [3.8, 4) is 0 Å². The van der Waals surface area contributed by atoms with Gasteiger partial charge in [0.25, 0.3) is 5.91 Å². The average Bonchev–Trinajstić information content (AvgIpc) is 3.04. The van der Waals surface area contributed by atoms with E-state index in [0.717, 1.165) is 62.5 Å². The summed E-state index contributed by atoms with van der Waals surface area (Å²) in [5.41, 5.74) is 2.77. The number of rotatable bonds is 1. The molecular formula is C15H24N4O. The van der Waals surface area contributed by atoms with Crippen LogP contribution in [0.4, 0.5) is 0 Å². The van der Waals surface area contributed by atoms with Crippen LogP contribution in [-0.4, -0.2) is 40.2 Å². The molecule has 0 radical (unpaired) electrons. The van der Waals surface area contributed by atoms with Gasteiger partial charge in [0.05, 0.1) is 23.5 Å². The number of nitrogens with one attached hydrogen (secondary N) is 1. The van der Waals surface area contributed by atoms with Crippen LogP contribution in [-0.2, 0) is 18.5 Å². The fourth-order valence-corrected chi connectivity index (χ4v) is 3.08. The van der Waals surface area contributed by atoms with E-state index in [0.29, 0.717) is 0 Å². The highest BCUT2D eigenvalue weighted by atomic mass is 16.2. The predicted octanol–water partition coefficient (Wildman–Crippen LogP) is 1.52. The Hall–Kier alpha value is -1.36. The normalized spacial score (nSPS) is 19.2.